The molecule has 0 heterocycles. The molecule has 0 rings (SSSR count). The van der Waals surface area contributed by atoms with Gasteiger partial charge < -0.3 is 30.0 Å². The van der Waals surface area contributed by atoms with Gasteiger partial charge in [0.2, 0.25) is 0 Å². The first-order valence-corrected chi connectivity index (χ1v) is 10.6. The standard InChI is InChI=1S/2C7H9F3O3.2C4H10O.Ti/c2*1-2-4(6(12)13)5(11)3-7(8,9)10;2*1-4(2,3)5;/h2*4H,2-3H2,1H3,(H,12,13);2*5H,1-3H3;/q;;;;+2/p-2. The normalized spacial score (nSPS) is 13.0. The second-order valence-electron chi connectivity index (χ2n) is 9.42. The number of aliphatic hydroxyl groups is 2. The number of alkyl halides is 6. The number of aliphatic carboxylic acids is 2. The molecule has 0 aliphatic heterocycles. The van der Waals surface area contributed by atoms with Crippen molar-refractivity contribution < 1.29 is 87.7 Å². The summed E-state index contributed by atoms with van der Waals surface area (Å²) in [4.78, 5) is 41.7. The Morgan fingerprint density at radius 1 is 0.622 bits per heavy atom. The molecule has 0 aromatic heterocycles. The summed E-state index contributed by atoms with van der Waals surface area (Å²) in [5, 5.41) is 37.4. The first-order valence-electron chi connectivity index (χ1n) is 10.6. The van der Waals surface area contributed by atoms with Crippen LogP contribution in [0.1, 0.15) is 81.1 Å². The third-order valence-corrected chi connectivity index (χ3v) is 2.91. The minimum absolute atomic E-state index is 0. The summed E-state index contributed by atoms with van der Waals surface area (Å²) < 4.78 is 69.8. The molecule has 0 aliphatic rings. The zero-order chi connectivity index (χ0) is 30.3. The molecular formula is C22H36F6O8Ti. The van der Waals surface area contributed by atoms with Gasteiger partial charge in [-0.05, 0) is 54.4 Å². The molecule has 37 heavy (non-hydrogen) atoms. The number of Topliss-reactive ketones (excluding diaryl/α,β-unsaturated/α-hetero) is 2. The SMILES string of the molecule is CC(C)(C)O.CC(C)(C)O.CCC(C(=O)[O-])C(=O)CC(F)(F)F.CCC(C(=O)[O-])C(=O)CC(F)(F)F.[Ti+2]. The topological polar surface area (TPSA) is 155 Å². The zero-order valence-electron chi connectivity index (χ0n) is 22.1. The molecule has 8 nitrogen and oxygen atoms in total. The van der Waals surface area contributed by atoms with Gasteiger partial charge in [0, 0.05) is 0 Å². The number of ketones is 2. The summed E-state index contributed by atoms with van der Waals surface area (Å²) in [6, 6.07) is 0. The summed E-state index contributed by atoms with van der Waals surface area (Å²) in [7, 11) is 0. The van der Waals surface area contributed by atoms with E-state index >= 15 is 0 Å². The van der Waals surface area contributed by atoms with Gasteiger partial charge in [-0.25, -0.2) is 0 Å². The number of hydrogen-bond donors (Lipinski definition) is 2. The van der Waals surface area contributed by atoms with Crippen LogP contribution in [0.2, 0.25) is 0 Å². The van der Waals surface area contributed by atoms with Crippen LogP contribution in [-0.4, -0.2) is 57.3 Å². The average Bonchev–Trinajstić information content (AvgIpc) is 2.48. The molecule has 2 atom stereocenters. The fourth-order valence-corrected chi connectivity index (χ4v) is 1.69. The van der Waals surface area contributed by atoms with Gasteiger partial charge in [-0.2, -0.15) is 26.3 Å². The van der Waals surface area contributed by atoms with Gasteiger partial charge in [0.1, 0.15) is 12.8 Å². The van der Waals surface area contributed by atoms with Crippen LogP contribution in [0.25, 0.3) is 0 Å². The number of carboxylic acid groups (broad SMARTS) is 2. The minimum Gasteiger partial charge on any atom is -0.549 e. The Kier molecular flexibility index (Phi) is 24.0. The van der Waals surface area contributed by atoms with Crippen molar-refractivity contribution in [3.8, 4) is 0 Å². The molecule has 0 aliphatic carbocycles. The second-order valence-corrected chi connectivity index (χ2v) is 9.42. The van der Waals surface area contributed by atoms with Gasteiger partial charge >= 0.3 is 34.1 Å². The summed E-state index contributed by atoms with van der Waals surface area (Å²) in [5.41, 5.74) is -1.00. The number of halogens is 6. The zero-order valence-corrected chi connectivity index (χ0v) is 23.7. The van der Waals surface area contributed by atoms with Crippen molar-refractivity contribution in [1.29, 1.82) is 0 Å². The van der Waals surface area contributed by atoms with E-state index in [0.717, 1.165) is 0 Å². The first kappa shape index (κ1) is 45.4. The van der Waals surface area contributed by atoms with Crippen LogP contribution in [0.4, 0.5) is 26.3 Å². The van der Waals surface area contributed by atoms with E-state index in [2.05, 4.69) is 0 Å². The maximum atomic E-state index is 11.6. The smallest absolute Gasteiger partial charge is 0.549 e. The predicted octanol–water partition coefficient (Wildman–Crippen LogP) is 2.12. The molecule has 0 saturated heterocycles. The Morgan fingerprint density at radius 2 is 0.784 bits per heavy atom. The number of hydrogen-bond acceptors (Lipinski definition) is 8. The molecule has 0 radical (unpaired) electrons. The Morgan fingerprint density at radius 3 is 0.865 bits per heavy atom. The van der Waals surface area contributed by atoms with Crippen LogP contribution in [0, 0.1) is 11.8 Å². The van der Waals surface area contributed by atoms with Crippen molar-refractivity contribution in [2.24, 2.45) is 11.8 Å². The molecule has 2 N–H and O–H groups in total. The fraction of sp³-hybridized carbons (Fsp3) is 0.818. The van der Waals surface area contributed by atoms with E-state index in [-0.39, 0.29) is 34.6 Å². The molecular weight excluding hydrogens is 554 g/mol. The van der Waals surface area contributed by atoms with E-state index in [4.69, 9.17) is 10.2 Å². The van der Waals surface area contributed by atoms with Gasteiger partial charge in [-0.3, -0.25) is 9.59 Å². The van der Waals surface area contributed by atoms with Crippen molar-refractivity contribution in [2.45, 2.75) is 105 Å². The molecule has 0 amide bonds. The van der Waals surface area contributed by atoms with E-state index in [1.165, 1.54) is 13.8 Å². The summed E-state index contributed by atoms with van der Waals surface area (Å²) in [6.07, 6.45) is -13.1. The van der Waals surface area contributed by atoms with E-state index in [1.807, 2.05) is 0 Å². The number of carbonyl (C=O) groups excluding carboxylic acids is 4. The van der Waals surface area contributed by atoms with Crippen molar-refractivity contribution in [3.05, 3.63) is 0 Å². The quantitative estimate of drug-likeness (QED) is 0.248. The van der Waals surface area contributed by atoms with Gasteiger partial charge in [-0.1, -0.05) is 13.8 Å². The Hall–Kier alpha value is -1.51. The van der Waals surface area contributed by atoms with E-state index < -0.39 is 71.7 Å². The Balaban J connectivity index is -0.000000133. The monoisotopic (exact) mass is 590 g/mol. The van der Waals surface area contributed by atoms with Crippen LogP contribution in [-0.2, 0) is 40.9 Å². The van der Waals surface area contributed by atoms with E-state index in [1.54, 1.807) is 41.5 Å². The van der Waals surface area contributed by atoms with Crippen LogP contribution in [0.3, 0.4) is 0 Å². The number of carboxylic acids is 2. The van der Waals surface area contributed by atoms with Crippen molar-refractivity contribution in [2.75, 3.05) is 0 Å². The molecule has 15 heteroatoms. The predicted molar refractivity (Wildman–Crippen MR) is 113 cm³/mol. The van der Waals surface area contributed by atoms with Crippen LogP contribution in [0.5, 0.6) is 0 Å². The van der Waals surface area contributed by atoms with E-state index in [0.29, 0.717) is 0 Å². The van der Waals surface area contributed by atoms with Gasteiger partial charge in [0.05, 0.1) is 35.0 Å². The molecule has 0 bridgehead atoms. The largest absolute Gasteiger partial charge is 2.00 e. The average molecular weight is 590 g/mol. The van der Waals surface area contributed by atoms with Gasteiger partial charge in [0.25, 0.3) is 0 Å². The molecule has 0 spiro atoms. The first-order chi connectivity index (χ1) is 15.6. The fourth-order valence-electron chi connectivity index (χ4n) is 1.69. The number of carbonyl (C=O) groups is 4. The van der Waals surface area contributed by atoms with Crippen molar-refractivity contribution >= 4 is 23.5 Å². The summed E-state index contributed by atoms with van der Waals surface area (Å²) in [6.45, 7) is 13.1. The van der Waals surface area contributed by atoms with Crippen LogP contribution >= 0.6 is 0 Å². The number of rotatable bonds is 8. The van der Waals surface area contributed by atoms with Crippen LogP contribution in [0.15, 0.2) is 0 Å². The molecule has 0 fully saturated rings. The Labute approximate surface area is 227 Å². The van der Waals surface area contributed by atoms with Crippen molar-refractivity contribution in [3.63, 3.8) is 0 Å². The van der Waals surface area contributed by atoms with E-state index in [9.17, 15) is 55.7 Å². The van der Waals surface area contributed by atoms with Gasteiger partial charge in [0.15, 0.2) is 11.6 Å². The third kappa shape index (κ3) is 44.9. The summed E-state index contributed by atoms with van der Waals surface area (Å²) >= 11 is 0. The Bertz CT molecular complexity index is 611. The maximum Gasteiger partial charge on any atom is 2.00 e. The maximum absolute atomic E-state index is 11.6. The van der Waals surface area contributed by atoms with Crippen LogP contribution < -0.4 is 10.2 Å². The molecule has 0 saturated carbocycles. The second kappa shape index (κ2) is 19.5. The minimum atomic E-state index is -4.65. The molecule has 0 aromatic rings. The van der Waals surface area contributed by atoms with Gasteiger partial charge in [-0.15, -0.1) is 0 Å². The molecule has 218 valence electrons. The summed E-state index contributed by atoms with van der Waals surface area (Å²) in [5.74, 6) is -9.51. The van der Waals surface area contributed by atoms with Crippen molar-refractivity contribution in [1.82, 2.24) is 0 Å². The molecule has 0 aromatic carbocycles. The molecule has 2 unspecified atom stereocenters. The third-order valence-electron chi connectivity index (χ3n) is 2.91.